The maximum atomic E-state index is 11.4. The Hall–Kier alpha value is -2.31. The van der Waals surface area contributed by atoms with E-state index >= 15 is 0 Å². The Bertz CT molecular complexity index is 431. The molecule has 0 unspecified atom stereocenters. The molecular weight excluding hydrogens is 238 g/mol. The normalized spacial score (nSPS) is 14.9. The molecule has 1 aliphatic heterocycles. The van der Waals surface area contributed by atoms with E-state index in [1.54, 1.807) is 30.3 Å². The molecule has 0 spiro atoms. The fourth-order valence-electron chi connectivity index (χ4n) is 1.33. The first kappa shape index (κ1) is 12.2. The lowest BCUT2D eigenvalue weighted by Gasteiger charge is -2.24. The van der Waals surface area contributed by atoms with Gasteiger partial charge in [-0.3, -0.25) is 0 Å². The van der Waals surface area contributed by atoms with Crippen LogP contribution in [0.5, 0.6) is 0 Å². The zero-order valence-corrected chi connectivity index (χ0v) is 9.69. The quantitative estimate of drug-likeness (QED) is 0.197. The van der Waals surface area contributed by atoms with Crippen molar-refractivity contribution in [3.05, 3.63) is 41.1 Å². The summed E-state index contributed by atoms with van der Waals surface area (Å²) in [6.07, 6.45) is 0.969. The molecule has 1 aromatic carbocycles. The van der Waals surface area contributed by atoms with Gasteiger partial charge in [-0.1, -0.05) is 18.2 Å². The number of hydrogen-bond acceptors (Lipinski definition) is 5. The molecule has 1 saturated heterocycles. The largest absolute Gasteiger partial charge is 0.569 e. The summed E-state index contributed by atoms with van der Waals surface area (Å²) >= 11 is 0. The summed E-state index contributed by atoms with van der Waals surface area (Å²) in [4.78, 5) is 16.4. The van der Waals surface area contributed by atoms with Crippen LogP contribution >= 0.6 is 0 Å². The van der Waals surface area contributed by atoms with E-state index < -0.39 is 5.97 Å². The Labute approximate surface area is 104 Å². The van der Waals surface area contributed by atoms with Crippen molar-refractivity contribution in [2.24, 2.45) is 5.28 Å². The first-order valence-corrected chi connectivity index (χ1v) is 5.54. The Morgan fingerprint density at radius 3 is 2.72 bits per heavy atom. The average molecular weight is 251 g/mol. The topological polar surface area (TPSA) is 77.2 Å². The number of rotatable bonds is 5. The highest BCUT2D eigenvalue weighted by atomic mass is 16.8. The van der Waals surface area contributed by atoms with Crippen LogP contribution < -0.4 is 0 Å². The highest BCUT2D eigenvalue weighted by Gasteiger charge is 2.21. The lowest BCUT2D eigenvalue weighted by Crippen LogP contribution is -2.42. The van der Waals surface area contributed by atoms with Crippen LogP contribution in [0.3, 0.4) is 0 Å². The number of esters is 1. The third kappa shape index (κ3) is 3.09. The summed E-state index contributed by atoms with van der Waals surface area (Å²) in [7, 11) is 0. The first-order chi connectivity index (χ1) is 8.77. The summed E-state index contributed by atoms with van der Waals surface area (Å²) in [5.74, 6) is -0.521. The standard InChI is InChI=1S/C11H13N3O4/c15-11(10-5-2-1-3-6-10)17-9-18-12-14(16)13-7-4-8-13/h1-3,5-6H,4,7-9H2/b14-12-. The number of carbonyl (C=O) groups is 1. The molecule has 1 aliphatic rings. The number of carbonyl (C=O) groups excluding carboxylic acids is 1. The fraction of sp³-hybridized carbons (Fsp3) is 0.364. The Balaban J connectivity index is 1.70. The van der Waals surface area contributed by atoms with Crippen molar-refractivity contribution in [3.63, 3.8) is 0 Å². The second-order valence-corrected chi connectivity index (χ2v) is 3.69. The van der Waals surface area contributed by atoms with Gasteiger partial charge in [0.25, 0.3) is 6.79 Å². The van der Waals surface area contributed by atoms with Crippen LogP contribution in [0, 0.1) is 5.21 Å². The minimum Gasteiger partial charge on any atom is -0.569 e. The molecule has 0 bridgehead atoms. The van der Waals surface area contributed by atoms with Crippen LogP contribution in [0.1, 0.15) is 16.8 Å². The Kier molecular flexibility index (Phi) is 3.95. The molecule has 1 aromatic rings. The summed E-state index contributed by atoms with van der Waals surface area (Å²) in [6.45, 7) is 0.945. The van der Waals surface area contributed by atoms with Gasteiger partial charge in [0.15, 0.2) is 0 Å². The summed E-state index contributed by atoms with van der Waals surface area (Å²) in [5, 5.41) is 15.8. The second kappa shape index (κ2) is 5.85. The van der Waals surface area contributed by atoms with E-state index in [4.69, 9.17) is 4.74 Å². The van der Waals surface area contributed by atoms with E-state index in [-0.39, 0.29) is 6.79 Å². The minimum atomic E-state index is -0.521. The Morgan fingerprint density at radius 2 is 2.11 bits per heavy atom. The average Bonchev–Trinajstić information content (AvgIpc) is 2.33. The van der Waals surface area contributed by atoms with Gasteiger partial charge in [0.05, 0.1) is 23.6 Å². The maximum absolute atomic E-state index is 11.4. The summed E-state index contributed by atoms with van der Waals surface area (Å²) in [5.41, 5.74) is 0.419. The molecule has 96 valence electrons. The molecule has 1 fully saturated rings. The van der Waals surface area contributed by atoms with E-state index in [1.165, 1.54) is 5.01 Å². The number of nitrogens with zero attached hydrogens (tertiary/aromatic N) is 3. The van der Waals surface area contributed by atoms with Crippen molar-refractivity contribution in [2.45, 2.75) is 6.42 Å². The van der Waals surface area contributed by atoms with Gasteiger partial charge in [0, 0.05) is 0 Å². The first-order valence-electron chi connectivity index (χ1n) is 5.54. The van der Waals surface area contributed by atoms with Crippen LogP contribution in [0.15, 0.2) is 35.6 Å². The zero-order valence-electron chi connectivity index (χ0n) is 9.69. The van der Waals surface area contributed by atoms with E-state index in [1.807, 2.05) is 0 Å². The molecular formula is C11H13N3O4. The van der Waals surface area contributed by atoms with Crippen molar-refractivity contribution >= 4 is 5.97 Å². The van der Waals surface area contributed by atoms with Crippen LogP contribution in [0.4, 0.5) is 0 Å². The zero-order chi connectivity index (χ0) is 12.8. The van der Waals surface area contributed by atoms with Gasteiger partial charge in [-0.05, 0) is 18.6 Å². The van der Waals surface area contributed by atoms with Gasteiger partial charge in [-0.2, -0.15) is 0 Å². The molecule has 2 rings (SSSR count). The van der Waals surface area contributed by atoms with Gasteiger partial charge in [-0.15, -0.1) is 5.01 Å². The summed E-state index contributed by atoms with van der Waals surface area (Å²) < 4.78 is 4.77. The predicted octanol–water partition coefficient (Wildman–Crippen LogP) is 1.32. The van der Waals surface area contributed by atoms with Crippen LogP contribution in [-0.2, 0) is 9.57 Å². The van der Waals surface area contributed by atoms with Gasteiger partial charge < -0.3 is 14.8 Å². The van der Waals surface area contributed by atoms with E-state index in [0.29, 0.717) is 23.6 Å². The van der Waals surface area contributed by atoms with Crippen molar-refractivity contribution in [1.29, 1.82) is 0 Å². The highest BCUT2D eigenvalue weighted by molar-refractivity contribution is 5.89. The highest BCUT2D eigenvalue weighted by Crippen LogP contribution is 2.05. The Morgan fingerprint density at radius 1 is 1.39 bits per heavy atom. The number of benzene rings is 1. The second-order valence-electron chi connectivity index (χ2n) is 3.69. The van der Waals surface area contributed by atoms with Crippen LogP contribution in [0.2, 0.25) is 0 Å². The predicted molar refractivity (Wildman–Crippen MR) is 60.1 cm³/mol. The lowest BCUT2D eigenvalue weighted by molar-refractivity contribution is -0.723. The molecule has 18 heavy (non-hydrogen) atoms. The molecule has 0 amide bonds. The molecule has 7 nitrogen and oxygen atoms in total. The monoisotopic (exact) mass is 251 g/mol. The number of ether oxygens (including phenoxy) is 1. The van der Waals surface area contributed by atoms with Crippen molar-refractivity contribution < 1.29 is 19.3 Å². The molecule has 0 saturated carbocycles. The third-order valence-corrected chi connectivity index (χ3v) is 2.45. The lowest BCUT2D eigenvalue weighted by atomic mass is 10.2. The van der Waals surface area contributed by atoms with E-state index in [0.717, 1.165) is 6.42 Å². The molecule has 7 heteroatoms. The number of hydrogen-bond donors (Lipinski definition) is 0. The van der Waals surface area contributed by atoms with Crippen molar-refractivity contribution in [2.75, 3.05) is 19.9 Å². The van der Waals surface area contributed by atoms with Crippen LogP contribution in [-0.4, -0.2) is 35.8 Å². The van der Waals surface area contributed by atoms with Gasteiger partial charge >= 0.3 is 5.97 Å². The third-order valence-electron chi connectivity index (χ3n) is 2.45. The molecule has 0 atom stereocenters. The number of hydrazine groups is 1. The summed E-state index contributed by atoms with van der Waals surface area (Å²) in [6, 6.07) is 8.50. The van der Waals surface area contributed by atoms with Gasteiger partial charge in [-0.25, -0.2) is 4.79 Å². The molecule has 0 radical (unpaired) electrons. The molecule has 0 aliphatic carbocycles. The SMILES string of the molecule is O=C(OCO/N=[N+](\[O-])N1CCC1)c1ccccc1. The van der Waals surface area contributed by atoms with Gasteiger partial charge in [0.2, 0.25) is 5.28 Å². The van der Waals surface area contributed by atoms with Crippen molar-refractivity contribution in [3.8, 4) is 0 Å². The van der Waals surface area contributed by atoms with E-state index in [9.17, 15) is 10.0 Å². The maximum Gasteiger partial charge on any atom is 0.341 e. The molecule has 1 heterocycles. The smallest absolute Gasteiger partial charge is 0.341 e. The minimum absolute atomic E-state index is 0.361. The molecule has 0 N–H and O–H groups in total. The van der Waals surface area contributed by atoms with Crippen LogP contribution in [0.25, 0.3) is 0 Å². The van der Waals surface area contributed by atoms with Gasteiger partial charge in [0.1, 0.15) is 0 Å². The van der Waals surface area contributed by atoms with Crippen molar-refractivity contribution in [1.82, 2.24) is 5.01 Å². The molecule has 0 aromatic heterocycles. The fourth-order valence-corrected chi connectivity index (χ4v) is 1.33. The van der Waals surface area contributed by atoms with E-state index in [2.05, 4.69) is 10.1 Å².